The standard InChI is InChI=1S/C21H26N2O3S/c1-14-6-5-7-17-18(14)23(13-12-22(2)3)21(25)19(24)20(27-17)15-8-10-16(26-4)11-9-15/h5-11,19-20,24H,12-13H2,1-4H3/t19-,20+/m0/s1. The van der Waals surface area contributed by atoms with E-state index in [9.17, 15) is 9.90 Å². The van der Waals surface area contributed by atoms with E-state index >= 15 is 0 Å². The van der Waals surface area contributed by atoms with Crippen molar-refractivity contribution < 1.29 is 14.6 Å². The lowest BCUT2D eigenvalue weighted by Gasteiger charge is -2.27. The van der Waals surface area contributed by atoms with Gasteiger partial charge in [0.05, 0.1) is 18.0 Å². The lowest BCUT2D eigenvalue weighted by atomic mass is 10.1. The van der Waals surface area contributed by atoms with E-state index < -0.39 is 6.10 Å². The van der Waals surface area contributed by atoms with Crippen LogP contribution in [0.4, 0.5) is 5.69 Å². The SMILES string of the molecule is COc1ccc([C@H]2Sc3cccc(C)c3N(CCN(C)C)C(=O)[C@H]2O)cc1. The predicted octanol–water partition coefficient (Wildman–Crippen LogP) is 3.11. The molecular formula is C21H26N2O3S. The minimum absolute atomic E-state index is 0.252. The van der Waals surface area contributed by atoms with Crippen molar-refractivity contribution in [2.75, 3.05) is 39.2 Å². The number of amides is 1. The van der Waals surface area contributed by atoms with Crippen LogP contribution in [-0.4, -0.2) is 56.3 Å². The lowest BCUT2D eigenvalue weighted by molar-refractivity contribution is -0.126. The van der Waals surface area contributed by atoms with Gasteiger partial charge in [0, 0.05) is 18.0 Å². The van der Waals surface area contributed by atoms with Gasteiger partial charge in [0.25, 0.3) is 5.91 Å². The van der Waals surface area contributed by atoms with Gasteiger partial charge in [-0.25, -0.2) is 0 Å². The Hall–Kier alpha value is -2.02. The lowest BCUT2D eigenvalue weighted by Crippen LogP contribution is -2.43. The first-order valence-corrected chi connectivity index (χ1v) is 9.84. The summed E-state index contributed by atoms with van der Waals surface area (Å²) in [5.74, 6) is 0.500. The molecule has 0 radical (unpaired) electrons. The third kappa shape index (κ3) is 4.13. The number of carbonyl (C=O) groups is 1. The van der Waals surface area contributed by atoms with Crippen LogP contribution in [0.25, 0.3) is 0 Å². The number of fused-ring (bicyclic) bond motifs is 1. The number of aliphatic hydroxyl groups excluding tert-OH is 1. The average Bonchev–Trinajstić information content (AvgIpc) is 2.76. The maximum Gasteiger partial charge on any atom is 0.257 e. The third-order valence-electron chi connectivity index (χ3n) is 4.75. The molecule has 1 heterocycles. The zero-order valence-corrected chi connectivity index (χ0v) is 17.0. The Bertz CT molecular complexity index is 808. The van der Waals surface area contributed by atoms with Crippen LogP contribution in [-0.2, 0) is 4.79 Å². The van der Waals surface area contributed by atoms with Crippen molar-refractivity contribution in [3.63, 3.8) is 0 Å². The van der Waals surface area contributed by atoms with Crippen LogP contribution >= 0.6 is 11.8 Å². The second-order valence-corrected chi connectivity index (χ2v) is 8.15. The van der Waals surface area contributed by atoms with Crippen LogP contribution < -0.4 is 9.64 Å². The van der Waals surface area contributed by atoms with Crippen LogP contribution in [0.1, 0.15) is 16.4 Å². The number of rotatable bonds is 5. The van der Waals surface area contributed by atoms with Gasteiger partial charge in [-0.1, -0.05) is 24.3 Å². The summed E-state index contributed by atoms with van der Waals surface area (Å²) in [6, 6.07) is 13.6. The molecule has 1 aliphatic heterocycles. The van der Waals surface area contributed by atoms with E-state index in [4.69, 9.17) is 4.74 Å². The molecule has 6 heteroatoms. The highest BCUT2D eigenvalue weighted by molar-refractivity contribution is 7.99. The highest BCUT2D eigenvalue weighted by Gasteiger charge is 2.37. The molecule has 144 valence electrons. The van der Waals surface area contributed by atoms with Gasteiger partial charge in [0.1, 0.15) is 11.9 Å². The Kier molecular flexibility index (Phi) is 6.09. The first-order chi connectivity index (χ1) is 12.9. The van der Waals surface area contributed by atoms with Gasteiger partial charge < -0.3 is 19.6 Å². The molecule has 3 rings (SSSR count). The number of hydrogen-bond acceptors (Lipinski definition) is 5. The summed E-state index contributed by atoms with van der Waals surface area (Å²) < 4.78 is 5.22. The second-order valence-electron chi connectivity index (χ2n) is 6.97. The van der Waals surface area contributed by atoms with Gasteiger partial charge in [0.15, 0.2) is 0 Å². The van der Waals surface area contributed by atoms with Gasteiger partial charge in [-0.05, 0) is 50.3 Å². The van der Waals surface area contributed by atoms with E-state index in [-0.39, 0.29) is 11.2 Å². The number of aryl methyl sites for hydroxylation is 1. The van der Waals surface area contributed by atoms with Crippen LogP contribution in [0.2, 0.25) is 0 Å². The monoisotopic (exact) mass is 386 g/mol. The maximum absolute atomic E-state index is 13.2. The molecule has 2 aromatic carbocycles. The van der Waals surface area contributed by atoms with Crippen molar-refractivity contribution >= 4 is 23.4 Å². The minimum atomic E-state index is -1.11. The Labute approximate surface area is 164 Å². The first kappa shape index (κ1) is 19.7. The molecule has 0 aliphatic carbocycles. The quantitative estimate of drug-likeness (QED) is 0.856. The number of hydrogen-bond donors (Lipinski definition) is 1. The number of carbonyl (C=O) groups excluding carboxylic acids is 1. The molecule has 0 saturated carbocycles. The fourth-order valence-corrected chi connectivity index (χ4v) is 4.59. The molecule has 1 N–H and O–H groups in total. The van der Waals surface area contributed by atoms with Gasteiger partial charge >= 0.3 is 0 Å². The number of anilines is 1. The molecule has 0 aromatic heterocycles. The summed E-state index contributed by atoms with van der Waals surface area (Å²) >= 11 is 1.54. The van der Waals surface area contributed by atoms with Gasteiger partial charge in [-0.2, -0.15) is 0 Å². The number of likely N-dealkylation sites (N-methyl/N-ethyl adjacent to an activating group) is 1. The van der Waals surface area contributed by atoms with E-state index in [2.05, 4.69) is 0 Å². The van der Waals surface area contributed by atoms with E-state index in [1.807, 2.05) is 68.4 Å². The van der Waals surface area contributed by atoms with Gasteiger partial charge in [0.2, 0.25) is 0 Å². The normalized spacial score (nSPS) is 19.8. The van der Waals surface area contributed by atoms with Crippen molar-refractivity contribution in [2.24, 2.45) is 0 Å². The minimum Gasteiger partial charge on any atom is -0.497 e. The fourth-order valence-electron chi connectivity index (χ4n) is 3.24. The molecule has 0 fully saturated rings. The van der Waals surface area contributed by atoms with Crippen LogP contribution in [0.5, 0.6) is 5.75 Å². The number of nitrogens with zero attached hydrogens (tertiary/aromatic N) is 2. The summed E-state index contributed by atoms with van der Waals surface area (Å²) in [5, 5.41) is 10.6. The molecular weight excluding hydrogens is 360 g/mol. The van der Waals surface area contributed by atoms with E-state index in [1.54, 1.807) is 23.8 Å². The fraction of sp³-hybridized carbons (Fsp3) is 0.381. The topological polar surface area (TPSA) is 53.0 Å². The first-order valence-electron chi connectivity index (χ1n) is 8.96. The summed E-state index contributed by atoms with van der Waals surface area (Å²) in [6.07, 6.45) is -1.11. The number of ether oxygens (including phenoxy) is 1. The van der Waals surface area contributed by atoms with Crippen LogP contribution in [0, 0.1) is 6.92 Å². The number of methoxy groups -OCH3 is 1. The van der Waals surface area contributed by atoms with Gasteiger partial charge in [-0.3, -0.25) is 4.79 Å². The number of benzene rings is 2. The Morgan fingerprint density at radius 3 is 2.52 bits per heavy atom. The summed E-state index contributed by atoms with van der Waals surface area (Å²) in [6.45, 7) is 3.27. The van der Waals surface area contributed by atoms with Crippen molar-refractivity contribution in [3.8, 4) is 5.75 Å². The maximum atomic E-state index is 13.2. The van der Waals surface area contributed by atoms with Crippen molar-refractivity contribution in [2.45, 2.75) is 23.2 Å². The second kappa shape index (κ2) is 8.33. The Balaban J connectivity index is 2.02. The zero-order valence-electron chi connectivity index (χ0n) is 16.2. The molecule has 2 atom stereocenters. The van der Waals surface area contributed by atoms with Gasteiger partial charge in [-0.15, -0.1) is 11.8 Å². The molecule has 2 aromatic rings. The zero-order chi connectivity index (χ0) is 19.6. The highest BCUT2D eigenvalue weighted by atomic mass is 32.2. The van der Waals surface area contributed by atoms with E-state index in [1.165, 1.54) is 0 Å². The molecule has 0 spiro atoms. The van der Waals surface area contributed by atoms with Crippen molar-refractivity contribution in [1.82, 2.24) is 4.90 Å². The summed E-state index contributed by atoms with van der Waals surface area (Å²) in [5.41, 5.74) is 2.85. The smallest absolute Gasteiger partial charge is 0.257 e. The predicted molar refractivity (Wildman–Crippen MR) is 110 cm³/mol. The van der Waals surface area contributed by atoms with Crippen LogP contribution in [0.15, 0.2) is 47.4 Å². The molecule has 5 nitrogen and oxygen atoms in total. The largest absolute Gasteiger partial charge is 0.497 e. The average molecular weight is 387 g/mol. The number of para-hydroxylation sites is 1. The number of aliphatic hydroxyl groups is 1. The summed E-state index contributed by atoms with van der Waals surface area (Å²) in [7, 11) is 5.58. The van der Waals surface area contributed by atoms with Crippen molar-refractivity contribution in [3.05, 3.63) is 53.6 Å². The Morgan fingerprint density at radius 1 is 1.19 bits per heavy atom. The molecule has 0 saturated heterocycles. The third-order valence-corrected chi connectivity index (χ3v) is 6.11. The van der Waals surface area contributed by atoms with E-state index in [0.717, 1.165) is 34.0 Å². The molecule has 1 amide bonds. The highest BCUT2D eigenvalue weighted by Crippen LogP contribution is 2.46. The molecule has 0 bridgehead atoms. The van der Waals surface area contributed by atoms with E-state index in [0.29, 0.717) is 6.54 Å². The summed E-state index contributed by atoms with van der Waals surface area (Å²) in [4.78, 5) is 18.0. The van der Waals surface area contributed by atoms with Crippen molar-refractivity contribution in [1.29, 1.82) is 0 Å². The Morgan fingerprint density at radius 2 is 1.89 bits per heavy atom. The van der Waals surface area contributed by atoms with Crippen LogP contribution in [0.3, 0.4) is 0 Å². The molecule has 1 aliphatic rings. The molecule has 0 unspecified atom stereocenters. The molecule has 27 heavy (non-hydrogen) atoms. The number of thioether (sulfide) groups is 1.